The predicted octanol–water partition coefficient (Wildman–Crippen LogP) is 2.40. The Balaban J connectivity index is 1.86. The summed E-state index contributed by atoms with van der Waals surface area (Å²) in [5, 5.41) is 0.245. The first kappa shape index (κ1) is 13.1. The Labute approximate surface area is 111 Å². The zero-order chi connectivity index (χ0) is 13.0. The number of hydrogen-bond acceptors (Lipinski definition) is 4. The van der Waals surface area contributed by atoms with Crippen molar-refractivity contribution < 1.29 is 4.79 Å². The fraction of sp³-hybridized carbons (Fsp3) is 0.583. The minimum absolute atomic E-state index is 0.00303. The topological polar surface area (TPSA) is 66.9 Å². The fourth-order valence-electron chi connectivity index (χ4n) is 2.30. The Hall–Kier alpha value is -1.36. The van der Waals surface area contributed by atoms with Crippen LogP contribution in [0.2, 0.25) is 5.15 Å². The van der Waals surface area contributed by atoms with Gasteiger partial charge < -0.3 is 0 Å². The number of halogens is 1. The van der Waals surface area contributed by atoms with Crippen LogP contribution in [0, 0.1) is 11.8 Å². The molecule has 1 aliphatic rings. The Kier molecular flexibility index (Phi) is 4.36. The van der Waals surface area contributed by atoms with E-state index < -0.39 is 0 Å². The van der Waals surface area contributed by atoms with Crippen LogP contribution in [-0.2, 0) is 4.79 Å². The normalized spacial score (nSPS) is 23.4. The lowest BCUT2D eigenvalue weighted by atomic mass is 9.82. The molecule has 0 aliphatic heterocycles. The summed E-state index contributed by atoms with van der Waals surface area (Å²) in [6, 6.07) is 0. The Bertz CT molecular complexity index is 426. The molecule has 2 rings (SSSR count). The van der Waals surface area contributed by atoms with Gasteiger partial charge in [0.25, 0.3) is 0 Å². The molecule has 6 heteroatoms. The van der Waals surface area contributed by atoms with Gasteiger partial charge in [-0.25, -0.2) is 9.97 Å². The van der Waals surface area contributed by atoms with Crippen LogP contribution in [0.15, 0.2) is 12.4 Å². The molecule has 0 bridgehead atoms. The lowest BCUT2D eigenvalue weighted by molar-refractivity contribution is -0.125. The summed E-state index contributed by atoms with van der Waals surface area (Å²) in [6.45, 7) is 2.19. The summed E-state index contributed by atoms with van der Waals surface area (Å²) < 4.78 is 0. The van der Waals surface area contributed by atoms with Gasteiger partial charge in [-0.05, 0) is 18.8 Å². The molecule has 2 N–H and O–H groups in total. The third-order valence-electron chi connectivity index (χ3n) is 3.26. The molecule has 1 fully saturated rings. The van der Waals surface area contributed by atoms with E-state index in [-0.39, 0.29) is 17.0 Å². The van der Waals surface area contributed by atoms with E-state index in [1.165, 1.54) is 18.8 Å². The molecule has 1 amide bonds. The van der Waals surface area contributed by atoms with Crippen LogP contribution < -0.4 is 10.9 Å². The van der Waals surface area contributed by atoms with Crippen molar-refractivity contribution in [3.8, 4) is 0 Å². The molecule has 1 heterocycles. The maximum absolute atomic E-state index is 12.0. The van der Waals surface area contributed by atoms with Crippen molar-refractivity contribution in [2.24, 2.45) is 11.8 Å². The van der Waals surface area contributed by atoms with Crippen LogP contribution in [0.1, 0.15) is 32.6 Å². The largest absolute Gasteiger partial charge is 0.279 e. The van der Waals surface area contributed by atoms with Gasteiger partial charge in [-0.15, -0.1) is 0 Å². The van der Waals surface area contributed by atoms with Crippen LogP contribution in [0.25, 0.3) is 0 Å². The number of hydrogen-bond donors (Lipinski definition) is 2. The van der Waals surface area contributed by atoms with E-state index in [0.29, 0.717) is 11.7 Å². The summed E-state index contributed by atoms with van der Waals surface area (Å²) in [7, 11) is 0. The smallest absolute Gasteiger partial charge is 0.241 e. The van der Waals surface area contributed by atoms with E-state index in [1.54, 1.807) is 0 Å². The summed E-state index contributed by atoms with van der Waals surface area (Å²) in [5.41, 5.74) is 5.37. The quantitative estimate of drug-likeness (QED) is 0.826. The molecule has 0 spiro atoms. The van der Waals surface area contributed by atoms with Gasteiger partial charge in [0.2, 0.25) is 5.91 Å². The first-order valence-corrected chi connectivity index (χ1v) is 6.57. The van der Waals surface area contributed by atoms with Gasteiger partial charge in [0.15, 0.2) is 11.0 Å². The van der Waals surface area contributed by atoms with Gasteiger partial charge in [-0.2, -0.15) is 0 Å². The number of aromatic nitrogens is 2. The number of amides is 1. The van der Waals surface area contributed by atoms with Gasteiger partial charge in [0.1, 0.15) is 0 Å². The second-order valence-electron chi connectivity index (χ2n) is 4.78. The number of nitrogens with zero attached hydrogens (tertiary/aromatic N) is 2. The molecule has 2 atom stereocenters. The highest BCUT2D eigenvalue weighted by Gasteiger charge is 2.24. The molecule has 1 saturated carbocycles. The number of nitrogens with one attached hydrogen (secondary N) is 2. The standard InChI is InChI=1S/C12H17ClN4O/c1-8-3-2-4-9(7-8)12(18)17-16-11-10(13)14-5-6-15-11/h5-6,8-9H,2-4,7H2,1H3,(H,15,16)(H,17,18). The van der Waals surface area contributed by atoms with Crippen LogP contribution >= 0.6 is 11.6 Å². The van der Waals surface area contributed by atoms with E-state index in [4.69, 9.17) is 11.6 Å². The number of carbonyl (C=O) groups excluding carboxylic acids is 1. The number of hydrazine groups is 1. The molecule has 5 nitrogen and oxygen atoms in total. The summed E-state index contributed by atoms with van der Waals surface area (Å²) in [6.07, 6.45) is 7.24. The van der Waals surface area contributed by atoms with Crippen LogP contribution in [0.4, 0.5) is 5.82 Å². The predicted molar refractivity (Wildman–Crippen MR) is 69.9 cm³/mol. The van der Waals surface area contributed by atoms with E-state index >= 15 is 0 Å². The first-order valence-electron chi connectivity index (χ1n) is 6.19. The van der Waals surface area contributed by atoms with Crippen molar-refractivity contribution in [1.82, 2.24) is 15.4 Å². The van der Waals surface area contributed by atoms with Gasteiger partial charge in [0.05, 0.1) is 0 Å². The summed E-state index contributed by atoms with van der Waals surface area (Å²) >= 11 is 5.83. The van der Waals surface area contributed by atoms with Crippen LogP contribution in [0.5, 0.6) is 0 Å². The molecule has 0 radical (unpaired) electrons. The number of rotatable bonds is 3. The van der Waals surface area contributed by atoms with Gasteiger partial charge in [-0.3, -0.25) is 15.6 Å². The van der Waals surface area contributed by atoms with Crippen LogP contribution in [-0.4, -0.2) is 15.9 Å². The lowest BCUT2D eigenvalue weighted by Crippen LogP contribution is -2.37. The zero-order valence-corrected chi connectivity index (χ0v) is 11.1. The highest BCUT2D eigenvalue weighted by atomic mass is 35.5. The maximum atomic E-state index is 12.0. The Morgan fingerprint density at radius 1 is 1.39 bits per heavy atom. The third kappa shape index (κ3) is 3.32. The van der Waals surface area contributed by atoms with Crippen molar-refractivity contribution in [3.63, 3.8) is 0 Å². The van der Waals surface area contributed by atoms with Crippen molar-refractivity contribution in [2.45, 2.75) is 32.6 Å². The van der Waals surface area contributed by atoms with Gasteiger partial charge in [0, 0.05) is 18.3 Å². The van der Waals surface area contributed by atoms with Crippen molar-refractivity contribution in [2.75, 3.05) is 5.43 Å². The molecule has 18 heavy (non-hydrogen) atoms. The average Bonchev–Trinajstić information content (AvgIpc) is 2.37. The molecule has 0 aromatic carbocycles. The first-order chi connectivity index (χ1) is 8.66. The van der Waals surface area contributed by atoms with Crippen LogP contribution in [0.3, 0.4) is 0 Å². The monoisotopic (exact) mass is 268 g/mol. The molecule has 1 aliphatic carbocycles. The summed E-state index contributed by atoms with van der Waals surface area (Å²) in [5.74, 6) is 1.07. The molecular formula is C12H17ClN4O. The molecule has 98 valence electrons. The maximum Gasteiger partial charge on any atom is 0.241 e. The summed E-state index contributed by atoms with van der Waals surface area (Å²) in [4.78, 5) is 19.8. The van der Waals surface area contributed by atoms with E-state index in [9.17, 15) is 4.79 Å². The number of carbonyl (C=O) groups is 1. The minimum atomic E-state index is 0.00303. The lowest BCUT2D eigenvalue weighted by Gasteiger charge is -2.25. The average molecular weight is 269 g/mol. The van der Waals surface area contributed by atoms with Crippen molar-refractivity contribution in [3.05, 3.63) is 17.5 Å². The van der Waals surface area contributed by atoms with Gasteiger partial charge >= 0.3 is 0 Å². The molecule has 1 aromatic heterocycles. The SMILES string of the molecule is CC1CCCC(C(=O)NNc2nccnc2Cl)C1. The zero-order valence-electron chi connectivity index (χ0n) is 10.3. The molecular weight excluding hydrogens is 252 g/mol. The second-order valence-corrected chi connectivity index (χ2v) is 5.14. The molecule has 0 saturated heterocycles. The fourth-order valence-corrected chi connectivity index (χ4v) is 2.45. The minimum Gasteiger partial charge on any atom is -0.279 e. The molecule has 2 unspecified atom stereocenters. The highest BCUT2D eigenvalue weighted by molar-refractivity contribution is 6.31. The van der Waals surface area contributed by atoms with E-state index in [1.807, 2.05) is 0 Å². The Morgan fingerprint density at radius 2 is 2.17 bits per heavy atom. The molecule has 1 aromatic rings. The van der Waals surface area contributed by atoms with E-state index in [0.717, 1.165) is 19.3 Å². The van der Waals surface area contributed by atoms with Crippen molar-refractivity contribution in [1.29, 1.82) is 0 Å². The third-order valence-corrected chi connectivity index (χ3v) is 3.54. The highest BCUT2D eigenvalue weighted by Crippen LogP contribution is 2.28. The number of anilines is 1. The second kappa shape index (κ2) is 6.00. The van der Waals surface area contributed by atoms with E-state index in [2.05, 4.69) is 27.7 Å². The van der Waals surface area contributed by atoms with Crippen molar-refractivity contribution >= 4 is 23.3 Å². The Morgan fingerprint density at radius 3 is 2.89 bits per heavy atom. The van der Waals surface area contributed by atoms with Gasteiger partial charge in [-0.1, -0.05) is 31.4 Å².